The number of carbonyl (C=O) groups excluding carboxylic acids is 1. The van der Waals surface area contributed by atoms with E-state index in [1.807, 2.05) is 48.5 Å². The van der Waals surface area contributed by atoms with Gasteiger partial charge in [-0.05, 0) is 43.3 Å². The van der Waals surface area contributed by atoms with Crippen molar-refractivity contribution in [2.24, 2.45) is 0 Å². The van der Waals surface area contributed by atoms with Gasteiger partial charge in [0.2, 0.25) is 5.89 Å². The number of para-hydroxylation sites is 1. The SMILES string of the molecule is COc1ccc(-c2nnc([C@H](C)OC(=O)CCc3nc4ccccc4s3)o2)cc1. The molecule has 7 nitrogen and oxygen atoms in total. The molecule has 0 spiro atoms. The average molecular weight is 409 g/mol. The zero-order valence-electron chi connectivity index (χ0n) is 16.0. The molecule has 0 bridgehead atoms. The highest BCUT2D eigenvalue weighted by molar-refractivity contribution is 7.18. The van der Waals surface area contributed by atoms with Gasteiger partial charge in [0.05, 0.1) is 28.8 Å². The summed E-state index contributed by atoms with van der Waals surface area (Å²) in [7, 11) is 1.60. The van der Waals surface area contributed by atoms with E-state index >= 15 is 0 Å². The number of ether oxygens (including phenoxy) is 2. The summed E-state index contributed by atoms with van der Waals surface area (Å²) in [4.78, 5) is 16.7. The first-order valence-corrected chi connectivity index (χ1v) is 9.96. The van der Waals surface area contributed by atoms with E-state index in [0.29, 0.717) is 12.3 Å². The number of aromatic nitrogens is 3. The second-order valence-electron chi connectivity index (χ2n) is 6.38. The lowest BCUT2D eigenvalue weighted by Gasteiger charge is -2.08. The lowest BCUT2D eigenvalue weighted by atomic mass is 10.2. The summed E-state index contributed by atoms with van der Waals surface area (Å²) in [6, 6.07) is 15.2. The molecule has 0 saturated heterocycles. The van der Waals surface area contributed by atoms with Crippen molar-refractivity contribution < 1.29 is 18.7 Å². The van der Waals surface area contributed by atoms with Gasteiger partial charge in [0.15, 0.2) is 6.10 Å². The number of nitrogens with zero attached hydrogens (tertiary/aromatic N) is 3. The molecular formula is C21H19N3O4S. The first-order chi connectivity index (χ1) is 14.1. The molecule has 8 heteroatoms. The minimum atomic E-state index is -0.627. The van der Waals surface area contributed by atoms with E-state index < -0.39 is 6.10 Å². The molecule has 0 amide bonds. The molecule has 4 aromatic rings. The molecule has 4 rings (SSSR count). The van der Waals surface area contributed by atoms with Gasteiger partial charge >= 0.3 is 5.97 Å². The van der Waals surface area contributed by atoms with Crippen molar-refractivity contribution in [3.8, 4) is 17.2 Å². The van der Waals surface area contributed by atoms with Crippen molar-refractivity contribution in [3.63, 3.8) is 0 Å². The van der Waals surface area contributed by atoms with Crippen LogP contribution in [0, 0.1) is 0 Å². The summed E-state index contributed by atoms with van der Waals surface area (Å²) in [6.07, 6.45) is 0.146. The number of fused-ring (bicyclic) bond motifs is 1. The van der Waals surface area contributed by atoms with Crippen molar-refractivity contribution in [1.29, 1.82) is 0 Å². The Hall–Kier alpha value is -3.26. The van der Waals surface area contributed by atoms with Crippen molar-refractivity contribution in [3.05, 3.63) is 59.4 Å². The van der Waals surface area contributed by atoms with E-state index in [1.165, 1.54) is 0 Å². The van der Waals surface area contributed by atoms with Gasteiger partial charge in [-0.15, -0.1) is 21.5 Å². The summed E-state index contributed by atoms with van der Waals surface area (Å²) >= 11 is 1.59. The summed E-state index contributed by atoms with van der Waals surface area (Å²) < 4.78 is 17.3. The number of carbonyl (C=O) groups is 1. The summed E-state index contributed by atoms with van der Waals surface area (Å²) in [5.41, 5.74) is 1.71. The van der Waals surface area contributed by atoms with Gasteiger partial charge in [-0.25, -0.2) is 4.98 Å². The fourth-order valence-electron chi connectivity index (χ4n) is 2.79. The van der Waals surface area contributed by atoms with Gasteiger partial charge in [0, 0.05) is 12.0 Å². The average Bonchev–Trinajstić information content (AvgIpc) is 3.39. The highest BCUT2D eigenvalue weighted by Gasteiger charge is 2.19. The third-order valence-corrected chi connectivity index (χ3v) is 5.41. The molecule has 0 aliphatic carbocycles. The zero-order valence-corrected chi connectivity index (χ0v) is 16.8. The molecule has 0 fully saturated rings. The number of thiazole rings is 1. The molecule has 0 N–H and O–H groups in total. The molecule has 148 valence electrons. The second kappa shape index (κ2) is 8.40. The fraction of sp³-hybridized carbons (Fsp3) is 0.238. The minimum absolute atomic E-state index is 0.240. The van der Waals surface area contributed by atoms with Crippen molar-refractivity contribution in [2.45, 2.75) is 25.9 Å². The number of benzene rings is 2. The molecule has 29 heavy (non-hydrogen) atoms. The Morgan fingerprint density at radius 3 is 2.69 bits per heavy atom. The van der Waals surface area contributed by atoms with Crippen LogP contribution in [0.5, 0.6) is 5.75 Å². The van der Waals surface area contributed by atoms with Crippen LogP contribution in [0.1, 0.15) is 30.3 Å². The van der Waals surface area contributed by atoms with Crippen molar-refractivity contribution in [2.75, 3.05) is 7.11 Å². The normalized spacial score (nSPS) is 12.1. The smallest absolute Gasteiger partial charge is 0.306 e. The first-order valence-electron chi connectivity index (χ1n) is 9.14. The number of methoxy groups -OCH3 is 1. The Kier molecular flexibility index (Phi) is 5.53. The molecule has 0 radical (unpaired) electrons. The Morgan fingerprint density at radius 1 is 1.14 bits per heavy atom. The molecule has 0 saturated carbocycles. The number of hydrogen-bond acceptors (Lipinski definition) is 8. The molecule has 0 aliphatic heterocycles. The third kappa shape index (κ3) is 4.43. The summed E-state index contributed by atoms with van der Waals surface area (Å²) in [5.74, 6) is 1.02. The highest BCUT2D eigenvalue weighted by Crippen LogP contribution is 2.25. The Labute approximate surface area is 171 Å². The molecule has 2 aromatic heterocycles. The maximum Gasteiger partial charge on any atom is 0.306 e. The highest BCUT2D eigenvalue weighted by atomic mass is 32.1. The van der Waals surface area contributed by atoms with Crippen molar-refractivity contribution in [1.82, 2.24) is 15.2 Å². The van der Waals surface area contributed by atoms with Crippen LogP contribution in [0.25, 0.3) is 21.7 Å². The van der Waals surface area contributed by atoms with E-state index in [1.54, 1.807) is 25.4 Å². The third-order valence-electron chi connectivity index (χ3n) is 4.31. The summed E-state index contributed by atoms with van der Waals surface area (Å²) in [6.45, 7) is 1.71. The van der Waals surface area contributed by atoms with Gasteiger partial charge in [-0.2, -0.15) is 0 Å². The number of rotatable bonds is 7. The van der Waals surface area contributed by atoms with Gasteiger partial charge < -0.3 is 13.9 Å². The molecular weight excluding hydrogens is 390 g/mol. The predicted molar refractivity (Wildman–Crippen MR) is 109 cm³/mol. The standard InChI is InChI=1S/C21H19N3O4S/c1-13(20-23-24-21(28-20)14-7-9-15(26-2)10-8-14)27-19(25)12-11-18-22-16-5-3-4-6-17(16)29-18/h3-10,13H,11-12H2,1-2H3/t13-/m0/s1. The minimum Gasteiger partial charge on any atom is -0.497 e. The second-order valence-corrected chi connectivity index (χ2v) is 7.50. The topological polar surface area (TPSA) is 87.3 Å². The van der Waals surface area contributed by atoms with Crippen LogP contribution >= 0.6 is 11.3 Å². The molecule has 1 atom stereocenters. The number of aryl methyl sites for hydroxylation is 1. The van der Waals surface area contributed by atoms with Crippen LogP contribution in [-0.2, 0) is 16.0 Å². The van der Waals surface area contributed by atoms with E-state index in [-0.39, 0.29) is 18.3 Å². The molecule has 2 aromatic carbocycles. The summed E-state index contributed by atoms with van der Waals surface area (Å²) in [5, 5.41) is 8.94. The molecule has 0 aliphatic rings. The van der Waals surface area contributed by atoms with Crippen LogP contribution in [-0.4, -0.2) is 28.3 Å². The first kappa shape index (κ1) is 19.1. The lowest BCUT2D eigenvalue weighted by Crippen LogP contribution is -2.10. The van der Waals surface area contributed by atoms with Crippen LogP contribution in [0.2, 0.25) is 0 Å². The van der Waals surface area contributed by atoms with Gasteiger partial charge in [0.25, 0.3) is 5.89 Å². The van der Waals surface area contributed by atoms with Crippen LogP contribution in [0.4, 0.5) is 0 Å². The Balaban J connectivity index is 1.34. The molecule has 0 unspecified atom stereocenters. The van der Waals surface area contributed by atoms with Crippen LogP contribution in [0.15, 0.2) is 52.9 Å². The molecule has 2 heterocycles. The van der Waals surface area contributed by atoms with E-state index in [4.69, 9.17) is 13.9 Å². The monoisotopic (exact) mass is 409 g/mol. The number of esters is 1. The quantitative estimate of drug-likeness (QED) is 0.413. The lowest BCUT2D eigenvalue weighted by molar-refractivity contribution is -0.149. The maximum atomic E-state index is 12.2. The number of hydrogen-bond donors (Lipinski definition) is 0. The van der Waals surface area contributed by atoms with E-state index in [0.717, 1.165) is 26.5 Å². The zero-order chi connectivity index (χ0) is 20.2. The van der Waals surface area contributed by atoms with Crippen LogP contribution in [0.3, 0.4) is 0 Å². The van der Waals surface area contributed by atoms with E-state index in [2.05, 4.69) is 15.2 Å². The van der Waals surface area contributed by atoms with Gasteiger partial charge in [-0.3, -0.25) is 4.79 Å². The van der Waals surface area contributed by atoms with Gasteiger partial charge in [0.1, 0.15) is 5.75 Å². The Morgan fingerprint density at radius 2 is 1.93 bits per heavy atom. The van der Waals surface area contributed by atoms with E-state index in [9.17, 15) is 4.79 Å². The maximum absolute atomic E-state index is 12.2. The largest absolute Gasteiger partial charge is 0.497 e. The fourth-order valence-corrected chi connectivity index (χ4v) is 3.76. The Bertz CT molecular complexity index is 1090. The van der Waals surface area contributed by atoms with Gasteiger partial charge in [-0.1, -0.05) is 12.1 Å². The van der Waals surface area contributed by atoms with Crippen molar-refractivity contribution >= 4 is 27.5 Å². The van der Waals surface area contributed by atoms with Crippen LogP contribution < -0.4 is 4.74 Å². The predicted octanol–water partition coefficient (Wildman–Crippen LogP) is 4.59.